The number of carbonyl (C=O) groups excluding carboxylic acids is 3. The lowest BCUT2D eigenvalue weighted by Crippen LogP contribution is -2.55. The first-order valence-electron chi connectivity index (χ1n) is 15.2. The number of amides is 1. The van der Waals surface area contributed by atoms with Gasteiger partial charge in [0.2, 0.25) is 5.79 Å². The van der Waals surface area contributed by atoms with Crippen LogP contribution in [0, 0.1) is 5.21 Å². The van der Waals surface area contributed by atoms with Crippen LogP contribution in [-0.2, 0) is 39.7 Å². The average molecular weight is 643 g/mol. The number of nitrogens with zero attached hydrogens (tertiary/aromatic N) is 1. The first-order chi connectivity index (χ1) is 21.4. The van der Waals surface area contributed by atoms with Crippen LogP contribution in [0.15, 0.2) is 54.6 Å². The number of phenols is 1. The molecule has 0 saturated carbocycles. The summed E-state index contributed by atoms with van der Waals surface area (Å²) in [5.41, 5.74) is -1.41. The van der Waals surface area contributed by atoms with Gasteiger partial charge in [-0.15, -0.1) is 0 Å². The minimum absolute atomic E-state index is 0.0175. The molecule has 1 saturated heterocycles. The van der Waals surface area contributed by atoms with Gasteiger partial charge in [-0.25, -0.2) is 14.4 Å². The molecule has 1 unspecified atom stereocenters. The average Bonchev–Trinajstić information content (AvgIpc) is 3.14. The van der Waals surface area contributed by atoms with E-state index in [1.807, 2.05) is 0 Å². The highest BCUT2D eigenvalue weighted by Crippen LogP contribution is 2.48. The number of benzene rings is 2. The summed E-state index contributed by atoms with van der Waals surface area (Å²) in [6, 6.07) is 12.3. The molecule has 0 aliphatic carbocycles. The molecule has 0 bridgehead atoms. The number of nitrogens with one attached hydrogen (secondary N) is 1. The third-order valence-electron chi connectivity index (χ3n) is 7.74. The van der Waals surface area contributed by atoms with E-state index in [0.29, 0.717) is 15.9 Å². The van der Waals surface area contributed by atoms with E-state index in [-0.39, 0.29) is 31.6 Å². The highest BCUT2D eigenvalue weighted by molar-refractivity contribution is 5.82. The third-order valence-corrected chi connectivity index (χ3v) is 7.74. The van der Waals surface area contributed by atoms with Gasteiger partial charge >= 0.3 is 24.1 Å². The Morgan fingerprint density at radius 2 is 1.57 bits per heavy atom. The second-order valence-corrected chi connectivity index (χ2v) is 13.2. The Kier molecular flexibility index (Phi) is 11.5. The molecule has 2 aromatic rings. The lowest BCUT2D eigenvalue weighted by molar-refractivity contribution is -0.529. The summed E-state index contributed by atoms with van der Waals surface area (Å²) >= 11 is 0. The van der Waals surface area contributed by atoms with Crippen LogP contribution in [0.2, 0.25) is 0 Å². The first-order valence-corrected chi connectivity index (χ1v) is 15.2. The lowest BCUT2D eigenvalue weighted by atomic mass is 9.90. The molecule has 0 aromatic heterocycles. The number of aromatic hydroxyl groups is 1. The second kappa shape index (κ2) is 14.5. The molecule has 1 aliphatic heterocycles. The van der Waals surface area contributed by atoms with Crippen LogP contribution in [0.25, 0.3) is 0 Å². The molecule has 2 atom stereocenters. The zero-order valence-electron chi connectivity index (χ0n) is 27.8. The Bertz CT molecular complexity index is 1360. The van der Waals surface area contributed by atoms with E-state index in [1.165, 1.54) is 25.5 Å². The van der Waals surface area contributed by atoms with Crippen molar-refractivity contribution in [2.75, 3.05) is 13.7 Å². The molecule has 0 spiro atoms. The van der Waals surface area contributed by atoms with Crippen LogP contribution >= 0.6 is 0 Å². The van der Waals surface area contributed by atoms with Crippen molar-refractivity contribution in [2.24, 2.45) is 0 Å². The predicted molar refractivity (Wildman–Crippen MR) is 169 cm³/mol. The quantitative estimate of drug-likeness (QED) is 0.0637. The number of rotatable bonds is 12. The number of alkyl carbamates (subject to hydrolysis) is 1. The van der Waals surface area contributed by atoms with Crippen LogP contribution in [0.5, 0.6) is 5.75 Å². The molecular formula is C34H46N2O10. The SMILES string of the molecule is COC(=O)C(/[N+]([O-])=C\c1ccccc1)C1(CCCOC(=O)[C@H](Cc2ccc(O)cc2)NC(=O)OC(C)(C)C)OC(C)(C)C(C)(C)O1. The maximum atomic E-state index is 13.6. The smallest absolute Gasteiger partial charge is 0.408 e. The number of esters is 2. The van der Waals surface area contributed by atoms with Crippen LogP contribution in [0.1, 0.15) is 72.4 Å². The van der Waals surface area contributed by atoms with Crippen molar-refractivity contribution in [3.05, 3.63) is 70.9 Å². The van der Waals surface area contributed by atoms with Gasteiger partial charge in [0.1, 0.15) is 17.4 Å². The van der Waals surface area contributed by atoms with Crippen molar-refractivity contribution in [2.45, 2.75) is 102 Å². The predicted octanol–water partition coefficient (Wildman–Crippen LogP) is 4.62. The highest BCUT2D eigenvalue weighted by Gasteiger charge is 2.65. The molecule has 3 rings (SSSR count). The summed E-state index contributed by atoms with van der Waals surface area (Å²) in [5.74, 6) is -3.29. The molecule has 1 fully saturated rings. The zero-order chi connectivity index (χ0) is 34.3. The normalized spacial score (nSPS) is 18.2. The molecule has 1 heterocycles. The maximum Gasteiger partial charge on any atom is 0.408 e. The van der Waals surface area contributed by atoms with E-state index < -0.39 is 52.7 Å². The number of hydrogen-bond acceptors (Lipinski definition) is 10. The topological polar surface area (TPSA) is 156 Å². The summed E-state index contributed by atoms with van der Waals surface area (Å²) in [5, 5.41) is 25.8. The standard InChI is InChI=1S/C34H46N2O10/c1-31(2,3)44-30(40)35-26(21-23-15-17-25(37)18-16-23)28(38)43-20-12-19-34(45-32(4,5)33(6,7)46-34)27(29(39)42-8)36(41)22-24-13-10-9-11-14-24/h9-11,13-18,22,26-27,37H,12,19-21H2,1-8H3,(H,35,40)/b36-22+/t26-,27?/m0/s1. The Labute approximate surface area is 270 Å². The second-order valence-electron chi connectivity index (χ2n) is 13.2. The Morgan fingerprint density at radius 1 is 0.978 bits per heavy atom. The molecule has 2 N–H and O–H groups in total. The molecular weight excluding hydrogens is 596 g/mol. The monoisotopic (exact) mass is 642 g/mol. The van der Waals surface area contributed by atoms with Gasteiger partial charge in [-0.3, -0.25) is 0 Å². The number of phenolic OH excluding ortho intramolecular Hbond substituents is 1. The van der Waals surface area contributed by atoms with E-state index in [2.05, 4.69) is 5.32 Å². The van der Waals surface area contributed by atoms with Gasteiger partial charge in [0.25, 0.3) is 0 Å². The summed E-state index contributed by atoms with van der Waals surface area (Å²) < 4.78 is 29.3. The first kappa shape index (κ1) is 36.3. The zero-order valence-corrected chi connectivity index (χ0v) is 27.8. The van der Waals surface area contributed by atoms with Gasteiger partial charge in [0, 0.05) is 18.4 Å². The largest absolute Gasteiger partial charge is 0.623 e. The van der Waals surface area contributed by atoms with E-state index >= 15 is 0 Å². The van der Waals surface area contributed by atoms with Gasteiger partial charge in [-0.2, -0.15) is 4.74 Å². The number of hydrogen-bond donors (Lipinski definition) is 2. The fourth-order valence-corrected chi connectivity index (χ4v) is 4.93. The minimum Gasteiger partial charge on any atom is -0.623 e. The summed E-state index contributed by atoms with van der Waals surface area (Å²) in [4.78, 5) is 39.0. The summed E-state index contributed by atoms with van der Waals surface area (Å²) in [6.07, 6.45) is 0.654. The fraction of sp³-hybridized carbons (Fsp3) is 0.529. The number of methoxy groups -OCH3 is 1. The van der Waals surface area contributed by atoms with Crippen molar-refractivity contribution in [3.63, 3.8) is 0 Å². The molecule has 252 valence electrons. The Balaban J connectivity index is 1.82. The molecule has 2 aromatic carbocycles. The van der Waals surface area contributed by atoms with E-state index in [4.69, 9.17) is 23.7 Å². The molecule has 12 nitrogen and oxygen atoms in total. The molecule has 1 amide bonds. The minimum atomic E-state index is -1.76. The van der Waals surface area contributed by atoms with Crippen LogP contribution in [0.4, 0.5) is 4.79 Å². The number of carbonyl (C=O) groups is 3. The number of hydroxylamine groups is 1. The molecule has 46 heavy (non-hydrogen) atoms. The highest BCUT2D eigenvalue weighted by atomic mass is 16.8. The van der Waals surface area contributed by atoms with E-state index in [0.717, 1.165) is 0 Å². The van der Waals surface area contributed by atoms with E-state index in [9.17, 15) is 24.7 Å². The van der Waals surface area contributed by atoms with Crippen molar-refractivity contribution >= 4 is 24.2 Å². The number of ether oxygens (including phenoxy) is 5. The van der Waals surface area contributed by atoms with Crippen molar-refractivity contribution in [1.29, 1.82) is 0 Å². The van der Waals surface area contributed by atoms with Crippen molar-refractivity contribution in [1.82, 2.24) is 5.32 Å². The molecule has 1 aliphatic rings. The maximum absolute atomic E-state index is 13.6. The van der Waals surface area contributed by atoms with Crippen LogP contribution in [-0.4, -0.2) is 82.5 Å². The van der Waals surface area contributed by atoms with Gasteiger partial charge in [0.15, 0.2) is 6.21 Å². The third kappa shape index (κ3) is 9.43. The molecule has 12 heteroatoms. The van der Waals surface area contributed by atoms with E-state index in [1.54, 1.807) is 90.9 Å². The summed E-state index contributed by atoms with van der Waals surface area (Å²) in [6.45, 7) is 12.2. The van der Waals surface area contributed by atoms with Crippen molar-refractivity contribution < 1.29 is 47.9 Å². The molecule has 0 radical (unpaired) electrons. The van der Waals surface area contributed by atoms with Gasteiger partial charge in [-0.1, -0.05) is 30.3 Å². The lowest BCUT2D eigenvalue weighted by Gasteiger charge is -2.33. The van der Waals surface area contributed by atoms with Crippen LogP contribution in [0.3, 0.4) is 0 Å². The summed E-state index contributed by atoms with van der Waals surface area (Å²) in [7, 11) is 1.18. The van der Waals surface area contributed by atoms with Crippen LogP contribution < -0.4 is 5.32 Å². The fourth-order valence-electron chi connectivity index (χ4n) is 4.93. The van der Waals surface area contributed by atoms with Crippen molar-refractivity contribution in [3.8, 4) is 5.75 Å². The van der Waals surface area contributed by atoms with Gasteiger partial charge < -0.3 is 39.3 Å². The Hall–Kier alpha value is -4.16. The Morgan fingerprint density at radius 3 is 2.11 bits per heavy atom. The van der Waals surface area contributed by atoms with Gasteiger partial charge in [0.05, 0.1) is 24.9 Å². The van der Waals surface area contributed by atoms with Gasteiger partial charge in [-0.05, 0) is 84.7 Å².